The fourth-order valence-corrected chi connectivity index (χ4v) is 4.02. The molecule has 14 heavy (non-hydrogen) atoms. The Labute approximate surface area is 93.5 Å². The first-order valence-corrected chi connectivity index (χ1v) is 6.52. The average molecular weight is 228 g/mol. The Morgan fingerprint density at radius 2 is 1.93 bits per heavy atom. The van der Waals surface area contributed by atoms with E-state index in [-0.39, 0.29) is 0 Å². The van der Waals surface area contributed by atoms with E-state index >= 15 is 0 Å². The third-order valence-corrected chi connectivity index (χ3v) is 4.86. The number of nitrogens with one attached hydrogen (secondary N) is 1. The van der Waals surface area contributed by atoms with Crippen LogP contribution in [0.2, 0.25) is 4.34 Å². The molecule has 0 aromatic carbocycles. The first kappa shape index (κ1) is 9.20. The SMILES string of the molecule is Clc1ccc(C2CC3CCC(C2)N3)s1. The Morgan fingerprint density at radius 3 is 2.50 bits per heavy atom. The van der Waals surface area contributed by atoms with Crippen LogP contribution in [0.1, 0.15) is 36.5 Å². The summed E-state index contributed by atoms with van der Waals surface area (Å²) in [4.78, 5) is 1.49. The van der Waals surface area contributed by atoms with Crippen molar-refractivity contribution in [2.24, 2.45) is 0 Å². The van der Waals surface area contributed by atoms with Crippen LogP contribution in [0.4, 0.5) is 0 Å². The standard InChI is InChI=1S/C11H14ClNS/c12-11-4-3-10(14-11)7-5-8-1-2-9(6-7)13-8/h3-4,7-9,13H,1-2,5-6H2. The molecule has 0 spiro atoms. The Balaban J connectivity index is 1.80. The van der Waals surface area contributed by atoms with Crippen molar-refractivity contribution in [2.45, 2.75) is 43.7 Å². The molecule has 3 rings (SSSR count). The van der Waals surface area contributed by atoms with Gasteiger partial charge in [-0.3, -0.25) is 0 Å². The minimum Gasteiger partial charge on any atom is -0.311 e. The summed E-state index contributed by atoms with van der Waals surface area (Å²) in [6.07, 6.45) is 5.38. The summed E-state index contributed by atoms with van der Waals surface area (Å²) in [5.41, 5.74) is 0. The predicted molar refractivity (Wildman–Crippen MR) is 61.2 cm³/mol. The molecule has 0 radical (unpaired) electrons. The number of hydrogen-bond acceptors (Lipinski definition) is 2. The quantitative estimate of drug-likeness (QED) is 0.776. The van der Waals surface area contributed by atoms with Crippen LogP contribution in [0.3, 0.4) is 0 Å². The molecule has 76 valence electrons. The highest BCUT2D eigenvalue weighted by Crippen LogP contribution is 2.40. The maximum atomic E-state index is 5.97. The highest BCUT2D eigenvalue weighted by Gasteiger charge is 2.34. The van der Waals surface area contributed by atoms with E-state index in [1.807, 2.05) is 6.07 Å². The lowest BCUT2D eigenvalue weighted by Gasteiger charge is -2.28. The van der Waals surface area contributed by atoms with E-state index in [9.17, 15) is 0 Å². The molecule has 2 atom stereocenters. The highest BCUT2D eigenvalue weighted by molar-refractivity contribution is 7.16. The highest BCUT2D eigenvalue weighted by atomic mass is 35.5. The van der Waals surface area contributed by atoms with Gasteiger partial charge in [-0.15, -0.1) is 11.3 Å². The molecule has 0 saturated carbocycles. The topological polar surface area (TPSA) is 12.0 Å². The molecule has 2 bridgehead atoms. The first-order chi connectivity index (χ1) is 6.81. The van der Waals surface area contributed by atoms with Gasteiger partial charge < -0.3 is 5.32 Å². The third-order valence-electron chi connectivity index (χ3n) is 3.47. The lowest BCUT2D eigenvalue weighted by Crippen LogP contribution is -2.36. The zero-order chi connectivity index (χ0) is 9.54. The van der Waals surface area contributed by atoms with Gasteiger partial charge in [0.25, 0.3) is 0 Å². The largest absolute Gasteiger partial charge is 0.311 e. The van der Waals surface area contributed by atoms with E-state index in [2.05, 4.69) is 11.4 Å². The molecule has 0 amide bonds. The minimum atomic E-state index is 0.770. The summed E-state index contributed by atoms with van der Waals surface area (Å²) in [6.45, 7) is 0. The lowest BCUT2D eigenvalue weighted by molar-refractivity contribution is 0.366. The van der Waals surface area contributed by atoms with E-state index in [1.54, 1.807) is 11.3 Å². The number of hydrogen-bond donors (Lipinski definition) is 1. The van der Waals surface area contributed by atoms with Crippen LogP contribution in [0, 0.1) is 0 Å². The summed E-state index contributed by atoms with van der Waals surface area (Å²) in [7, 11) is 0. The Bertz CT molecular complexity index is 324. The van der Waals surface area contributed by atoms with Gasteiger partial charge >= 0.3 is 0 Å². The number of thiophene rings is 1. The summed E-state index contributed by atoms with van der Waals surface area (Å²) < 4.78 is 0.936. The van der Waals surface area contributed by atoms with E-state index in [1.165, 1.54) is 30.6 Å². The van der Waals surface area contributed by atoms with Crippen LogP contribution in [0.5, 0.6) is 0 Å². The second-order valence-corrected chi connectivity index (χ2v) is 6.19. The fraction of sp³-hybridized carbons (Fsp3) is 0.636. The van der Waals surface area contributed by atoms with Crippen molar-refractivity contribution in [1.82, 2.24) is 5.32 Å². The van der Waals surface area contributed by atoms with Crippen LogP contribution < -0.4 is 5.32 Å². The molecule has 2 fully saturated rings. The van der Waals surface area contributed by atoms with Crippen molar-refractivity contribution in [3.05, 3.63) is 21.3 Å². The van der Waals surface area contributed by atoms with Gasteiger partial charge in [-0.1, -0.05) is 11.6 Å². The Hall–Kier alpha value is -0.0500. The molecular formula is C11H14ClNS. The van der Waals surface area contributed by atoms with Gasteiger partial charge in [-0.2, -0.15) is 0 Å². The maximum Gasteiger partial charge on any atom is 0.0931 e. The Kier molecular flexibility index (Phi) is 2.31. The zero-order valence-corrected chi connectivity index (χ0v) is 9.57. The number of fused-ring (bicyclic) bond motifs is 2. The lowest BCUT2D eigenvalue weighted by atomic mass is 9.91. The molecule has 3 heterocycles. The van der Waals surface area contributed by atoms with Crippen LogP contribution >= 0.6 is 22.9 Å². The van der Waals surface area contributed by atoms with Gasteiger partial charge in [0.1, 0.15) is 0 Å². The third kappa shape index (κ3) is 1.60. The molecule has 1 N–H and O–H groups in total. The van der Waals surface area contributed by atoms with Crippen molar-refractivity contribution in [3.63, 3.8) is 0 Å². The summed E-state index contributed by atoms with van der Waals surface area (Å²) in [5.74, 6) is 0.770. The average Bonchev–Trinajstić information content (AvgIpc) is 2.73. The van der Waals surface area contributed by atoms with Crippen molar-refractivity contribution in [3.8, 4) is 0 Å². The predicted octanol–water partition coefficient (Wildman–Crippen LogP) is 3.40. The normalized spacial score (nSPS) is 36.2. The Morgan fingerprint density at radius 1 is 1.21 bits per heavy atom. The van der Waals surface area contributed by atoms with E-state index in [0.717, 1.165) is 22.3 Å². The van der Waals surface area contributed by atoms with Gasteiger partial charge in [0.2, 0.25) is 0 Å². The minimum absolute atomic E-state index is 0.770. The van der Waals surface area contributed by atoms with Crippen LogP contribution in [-0.4, -0.2) is 12.1 Å². The van der Waals surface area contributed by atoms with Crippen LogP contribution in [0.15, 0.2) is 12.1 Å². The molecule has 1 aromatic heterocycles. The monoisotopic (exact) mass is 227 g/mol. The van der Waals surface area contributed by atoms with Crippen LogP contribution in [0.25, 0.3) is 0 Å². The molecule has 1 aromatic rings. The summed E-state index contributed by atoms with van der Waals surface area (Å²) in [6, 6.07) is 5.80. The molecule has 2 unspecified atom stereocenters. The van der Waals surface area contributed by atoms with E-state index in [0.29, 0.717) is 0 Å². The van der Waals surface area contributed by atoms with Crippen molar-refractivity contribution < 1.29 is 0 Å². The second kappa shape index (κ2) is 3.51. The van der Waals surface area contributed by atoms with E-state index in [4.69, 9.17) is 11.6 Å². The molecule has 3 heteroatoms. The van der Waals surface area contributed by atoms with Gasteiger partial charge in [0.15, 0.2) is 0 Å². The van der Waals surface area contributed by atoms with Crippen molar-refractivity contribution >= 4 is 22.9 Å². The van der Waals surface area contributed by atoms with Crippen LogP contribution in [-0.2, 0) is 0 Å². The molecule has 0 aliphatic carbocycles. The number of halogens is 1. The van der Waals surface area contributed by atoms with Gasteiger partial charge in [-0.05, 0) is 43.7 Å². The number of piperidine rings is 1. The van der Waals surface area contributed by atoms with Crippen molar-refractivity contribution in [1.29, 1.82) is 0 Å². The van der Waals surface area contributed by atoms with Gasteiger partial charge in [-0.25, -0.2) is 0 Å². The summed E-state index contributed by atoms with van der Waals surface area (Å²) >= 11 is 7.73. The fourth-order valence-electron chi connectivity index (χ4n) is 2.84. The maximum absolute atomic E-state index is 5.97. The van der Waals surface area contributed by atoms with Gasteiger partial charge in [0, 0.05) is 17.0 Å². The number of rotatable bonds is 1. The van der Waals surface area contributed by atoms with Crippen molar-refractivity contribution in [2.75, 3.05) is 0 Å². The smallest absolute Gasteiger partial charge is 0.0931 e. The first-order valence-electron chi connectivity index (χ1n) is 5.32. The summed E-state index contributed by atoms with van der Waals surface area (Å²) in [5, 5.41) is 3.67. The molecule has 2 aliphatic heterocycles. The van der Waals surface area contributed by atoms with E-state index < -0.39 is 0 Å². The molecular weight excluding hydrogens is 214 g/mol. The zero-order valence-electron chi connectivity index (χ0n) is 8.00. The molecule has 1 nitrogen and oxygen atoms in total. The second-order valence-electron chi connectivity index (χ2n) is 4.45. The van der Waals surface area contributed by atoms with Gasteiger partial charge in [0.05, 0.1) is 4.34 Å². The molecule has 2 aliphatic rings. The molecule has 2 saturated heterocycles.